The Kier molecular flexibility index (Phi) is 3.43. The molecule has 0 aliphatic carbocycles. The van der Waals surface area contributed by atoms with Crippen molar-refractivity contribution in [2.75, 3.05) is 7.11 Å². The lowest BCUT2D eigenvalue weighted by molar-refractivity contribution is 0.0583. The molecule has 1 heterocycles. The number of carboxylic acid groups (broad SMARTS) is 1. The molecular formula is C19H12O7. The van der Waals surface area contributed by atoms with Crippen LogP contribution >= 0.6 is 0 Å². The van der Waals surface area contributed by atoms with Gasteiger partial charge in [-0.25, -0.2) is 9.59 Å². The maximum absolute atomic E-state index is 12.3. The molecule has 4 rings (SSSR count). The average Bonchev–Trinajstić information content (AvgIpc) is 2.64. The van der Waals surface area contributed by atoms with Crippen LogP contribution in [-0.2, 0) is 4.74 Å². The van der Waals surface area contributed by atoms with E-state index in [1.807, 2.05) is 0 Å². The van der Waals surface area contributed by atoms with E-state index in [-0.39, 0.29) is 33.8 Å². The van der Waals surface area contributed by atoms with Crippen molar-refractivity contribution in [3.63, 3.8) is 0 Å². The summed E-state index contributed by atoms with van der Waals surface area (Å²) in [5, 5.41) is 20.2. The van der Waals surface area contributed by atoms with Crippen LogP contribution in [0, 0.1) is 0 Å². The summed E-state index contributed by atoms with van der Waals surface area (Å²) in [7, 11) is 1.15. The number of rotatable bonds is 2. The van der Waals surface area contributed by atoms with Gasteiger partial charge in [-0.15, -0.1) is 0 Å². The number of methoxy groups -OCH3 is 1. The summed E-state index contributed by atoms with van der Waals surface area (Å²) in [5.41, 5.74) is -0.605. The third kappa shape index (κ3) is 2.21. The van der Waals surface area contributed by atoms with Crippen molar-refractivity contribution in [3.8, 4) is 28.7 Å². The first kappa shape index (κ1) is 15.8. The number of benzene rings is 3. The summed E-state index contributed by atoms with van der Waals surface area (Å²) in [4.78, 5) is 24.3. The predicted octanol–water partition coefficient (Wildman–Crippen LogP) is 3.93. The Morgan fingerprint density at radius 2 is 1.58 bits per heavy atom. The minimum atomic E-state index is -1.38. The van der Waals surface area contributed by atoms with Gasteiger partial charge in [-0.05, 0) is 30.3 Å². The van der Waals surface area contributed by atoms with Gasteiger partial charge in [0.2, 0.25) is 0 Å². The molecule has 0 unspecified atom stereocenters. The molecule has 0 saturated heterocycles. The summed E-state index contributed by atoms with van der Waals surface area (Å²) < 4.78 is 16.4. The van der Waals surface area contributed by atoms with Gasteiger partial charge in [0.05, 0.1) is 12.7 Å². The van der Waals surface area contributed by atoms with E-state index in [1.165, 1.54) is 18.2 Å². The lowest BCUT2D eigenvalue weighted by Gasteiger charge is -2.24. The number of fused-ring (bicyclic) bond motifs is 4. The fraction of sp³-hybridized carbons (Fsp3) is 0.0526. The number of hydrogen-bond donors (Lipinski definition) is 2. The van der Waals surface area contributed by atoms with E-state index in [0.717, 1.165) is 7.11 Å². The van der Waals surface area contributed by atoms with Gasteiger partial charge in [-0.3, -0.25) is 0 Å². The number of para-hydroxylation sites is 2. The molecule has 0 radical (unpaired) electrons. The van der Waals surface area contributed by atoms with Crippen LogP contribution in [0.25, 0.3) is 10.8 Å². The molecule has 0 spiro atoms. The summed E-state index contributed by atoms with van der Waals surface area (Å²) in [6, 6.07) is 11.0. The third-order valence-corrected chi connectivity index (χ3v) is 4.08. The SMILES string of the molecule is COC(=O)c1c(C(=O)O)c2c(c3ccc(O)cc13)Oc1ccccc1O2. The van der Waals surface area contributed by atoms with Crippen LogP contribution in [0.4, 0.5) is 0 Å². The molecular weight excluding hydrogens is 340 g/mol. The Hall–Kier alpha value is -3.74. The number of carboxylic acids is 1. The lowest BCUT2D eigenvalue weighted by atomic mass is 9.95. The summed E-state index contributed by atoms with van der Waals surface area (Å²) in [6.45, 7) is 0. The maximum atomic E-state index is 12.3. The number of ether oxygens (including phenoxy) is 3. The first-order valence-electron chi connectivity index (χ1n) is 7.60. The molecule has 1 aliphatic rings. The number of aromatic hydroxyl groups is 1. The normalized spacial score (nSPS) is 11.7. The molecule has 0 aromatic heterocycles. The molecule has 0 fully saturated rings. The van der Waals surface area contributed by atoms with Gasteiger partial charge >= 0.3 is 11.9 Å². The highest BCUT2D eigenvalue weighted by Gasteiger charge is 2.33. The van der Waals surface area contributed by atoms with Crippen LogP contribution in [0.1, 0.15) is 20.7 Å². The van der Waals surface area contributed by atoms with E-state index in [1.54, 1.807) is 24.3 Å². The standard InChI is InChI=1S/C19H12O7/c1-24-19(23)14-11-8-9(20)6-7-10(11)16-17(15(14)18(21)22)26-13-5-3-2-4-12(13)25-16/h2-8,20H,1H3,(H,21,22). The zero-order valence-electron chi connectivity index (χ0n) is 13.5. The van der Waals surface area contributed by atoms with Crippen molar-refractivity contribution in [1.29, 1.82) is 0 Å². The Morgan fingerprint density at radius 1 is 0.923 bits per heavy atom. The van der Waals surface area contributed by atoms with E-state index >= 15 is 0 Å². The Labute approximate surface area is 147 Å². The van der Waals surface area contributed by atoms with E-state index < -0.39 is 11.9 Å². The summed E-state index contributed by atoms with van der Waals surface area (Å²) in [6.07, 6.45) is 0. The second-order valence-electron chi connectivity index (χ2n) is 5.59. The van der Waals surface area contributed by atoms with Crippen LogP contribution in [0.3, 0.4) is 0 Å². The fourth-order valence-corrected chi connectivity index (χ4v) is 2.98. The van der Waals surface area contributed by atoms with Crippen molar-refractivity contribution >= 4 is 22.7 Å². The molecule has 3 aromatic carbocycles. The molecule has 0 saturated carbocycles. The molecule has 3 aromatic rings. The van der Waals surface area contributed by atoms with Crippen LogP contribution in [0.5, 0.6) is 28.7 Å². The predicted molar refractivity (Wildman–Crippen MR) is 90.5 cm³/mol. The van der Waals surface area contributed by atoms with Crippen LogP contribution < -0.4 is 9.47 Å². The van der Waals surface area contributed by atoms with Crippen LogP contribution in [-0.4, -0.2) is 29.3 Å². The number of esters is 1. The van der Waals surface area contributed by atoms with Gasteiger partial charge < -0.3 is 24.4 Å². The zero-order chi connectivity index (χ0) is 18.4. The maximum Gasteiger partial charge on any atom is 0.340 e. The van der Waals surface area contributed by atoms with Gasteiger partial charge in [-0.1, -0.05) is 12.1 Å². The number of phenolic OH excluding ortho intramolecular Hbond substituents is 1. The van der Waals surface area contributed by atoms with E-state index in [4.69, 9.17) is 14.2 Å². The topological polar surface area (TPSA) is 102 Å². The number of hydrogen-bond acceptors (Lipinski definition) is 6. The molecule has 2 N–H and O–H groups in total. The number of aromatic carboxylic acids is 1. The highest BCUT2D eigenvalue weighted by Crippen LogP contribution is 2.52. The van der Waals surface area contributed by atoms with Crippen LogP contribution in [0.15, 0.2) is 42.5 Å². The molecule has 0 atom stereocenters. The number of carbonyl (C=O) groups excluding carboxylic acids is 1. The quantitative estimate of drug-likeness (QED) is 0.527. The van der Waals surface area contributed by atoms with Crippen molar-refractivity contribution in [3.05, 3.63) is 53.6 Å². The highest BCUT2D eigenvalue weighted by molar-refractivity contribution is 6.16. The third-order valence-electron chi connectivity index (χ3n) is 4.08. The van der Waals surface area contributed by atoms with Gasteiger partial charge in [0, 0.05) is 10.8 Å². The Balaban J connectivity index is 2.14. The number of phenols is 1. The molecule has 1 aliphatic heterocycles. The minimum Gasteiger partial charge on any atom is -0.508 e. The first-order valence-corrected chi connectivity index (χ1v) is 7.60. The second-order valence-corrected chi connectivity index (χ2v) is 5.59. The lowest BCUT2D eigenvalue weighted by Crippen LogP contribution is -2.15. The Bertz CT molecular complexity index is 1080. The smallest absolute Gasteiger partial charge is 0.340 e. The largest absolute Gasteiger partial charge is 0.508 e. The average molecular weight is 352 g/mol. The molecule has 7 heteroatoms. The van der Waals surface area contributed by atoms with Crippen LogP contribution in [0.2, 0.25) is 0 Å². The van der Waals surface area contributed by atoms with E-state index in [9.17, 15) is 19.8 Å². The number of carbonyl (C=O) groups is 2. The van der Waals surface area contributed by atoms with Gasteiger partial charge in [0.1, 0.15) is 11.3 Å². The minimum absolute atomic E-state index is 0.0882. The summed E-state index contributed by atoms with van der Waals surface area (Å²) in [5.74, 6) is -1.55. The van der Waals surface area contributed by atoms with Gasteiger partial charge in [0.25, 0.3) is 0 Å². The van der Waals surface area contributed by atoms with Crippen molar-refractivity contribution in [2.24, 2.45) is 0 Å². The van der Waals surface area contributed by atoms with E-state index in [2.05, 4.69) is 0 Å². The molecule has 0 bridgehead atoms. The van der Waals surface area contributed by atoms with Gasteiger partial charge in [0.15, 0.2) is 23.0 Å². The van der Waals surface area contributed by atoms with Crippen molar-refractivity contribution < 1.29 is 34.0 Å². The molecule has 0 amide bonds. The first-order chi connectivity index (χ1) is 12.5. The monoisotopic (exact) mass is 352 g/mol. The highest BCUT2D eigenvalue weighted by atomic mass is 16.6. The molecule has 130 valence electrons. The molecule has 7 nitrogen and oxygen atoms in total. The van der Waals surface area contributed by atoms with Crippen molar-refractivity contribution in [2.45, 2.75) is 0 Å². The van der Waals surface area contributed by atoms with E-state index in [0.29, 0.717) is 16.9 Å². The van der Waals surface area contributed by atoms with Gasteiger partial charge in [-0.2, -0.15) is 0 Å². The zero-order valence-corrected chi connectivity index (χ0v) is 13.5. The fourth-order valence-electron chi connectivity index (χ4n) is 2.98. The van der Waals surface area contributed by atoms with Crippen molar-refractivity contribution in [1.82, 2.24) is 0 Å². The summed E-state index contributed by atoms with van der Waals surface area (Å²) >= 11 is 0. The Morgan fingerprint density at radius 3 is 2.19 bits per heavy atom. The molecule has 26 heavy (non-hydrogen) atoms. The second kappa shape index (κ2) is 5.66.